The van der Waals surface area contributed by atoms with E-state index in [0.717, 1.165) is 88.6 Å². The van der Waals surface area contributed by atoms with Crippen molar-refractivity contribution in [1.29, 1.82) is 0 Å². The van der Waals surface area contributed by atoms with Crippen LogP contribution < -0.4 is 0 Å². The monoisotopic (exact) mass is 701 g/mol. The van der Waals surface area contributed by atoms with E-state index in [-0.39, 0.29) is 5.41 Å². The normalized spacial score (nSPS) is 15.8. The SMILES string of the molecule is CC(=N/C(=C\Cc1ccccc1)c1ccc(C2(c3ccc(-c4cc(-c5ccccc5)nc(C5=CCCC=C5)n4)cc3)CCCCC2)cc1)c1ccccc1. The molecule has 1 aromatic heterocycles. The van der Waals surface area contributed by atoms with E-state index in [2.05, 4.69) is 177 Å². The average Bonchev–Trinajstić information content (AvgIpc) is 3.26. The van der Waals surface area contributed by atoms with Gasteiger partial charge in [-0.25, -0.2) is 9.97 Å². The molecule has 1 fully saturated rings. The summed E-state index contributed by atoms with van der Waals surface area (Å²) in [7, 11) is 0. The molecule has 1 heterocycles. The molecule has 3 nitrogen and oxygen atoms in total. The lowest BCUT2D eigenvalue weighted by atomic mass is 9.65. The minimum absolute atomic E-state index is 0.0316. The van der Waals surface area contributed by atoms with Crippen molar-refractivity contribution < 1.29 is 0 Å². The number of aliphatic imine (C=N–C) groups is 1. The molecule has 54 heavy (non-hydrogen) atoms. The fourth-order valence-electron chi connectivity index (χ4n) is 8.06. The zero-order valence-corrected chi connectivity index (χ0v) is 31.2. The summed E-state index contributed by atoms with van der Waals surface area (Å²) >= 11 is 0. The lowest BCUT2D eigenvalue weighted by Gasteiger charge is -2.39. The number of hydrogen-bond acceptors (Lipinski definition) is 3. The van der Waals surface area contributed by atoms with Crippen LogP contribution in [0.5, 0.6) is 0 Å². The van der Waals surface area contributed by atoms with E-state index in [1.807, 2.05) is 0 Å². The molecule has 3 heteroatoms. The zero-order valence-electron chi connectivity index (χ0n) is 31.2. The van der Waals surface area contributed by atoms with Crippen molar-refractivity contribution in [3.63, 3.8) is 0 Å². The summed E-state index contributed by atoms with van der Waals surface area (Å²) in [5, 5.41) is 0. The Labute approximate surface area is 320 Å². The molecule has 0 radical (unpaired) electrons. The maximum Gasteiger partial charge on any atom is 0.160 e. The van der Waals surface area contributed by atoms with Crippen LogP contribution >= 0.6 is 0 Å². The summed E-state index contributed by atoms with van der Waals surface area (Å²) in [4.78, 5) is 15.4. The van der Waals surface area contributed by atoms with E-state index in [1.165, 1.54) is 36.0 Å². The first-order valence-corrected chi connectivity index (χ1v) is 19.5. The minimum atomic E-state index is -0.0316. The predicted molar refractivity (Wildman–Crippen MR) is 226 cm³/mol. The Hall–Kier alpha value is -5.93. The van der Waals surface area contributed by atoms with Crippen LogP contribution in [-0.2, 0) is 11.8 Å². The summed E-state index contributed by atoms with van der Waals surface area (Å²) in [6, 6.07) is 52.3. The Kier molecular flexibility index (Phi) is 10.7. The largest absolute Gasteiger partial charge is 0.253 e. The third-order valence-corrected chi connectivity index (χ3v) is 11.1. The molecular weight excluding hydrogens is 655 g/mol. The Balaban J connectivity index is 1.13. The third kappa shape index (κ3) is 7.87. The van der Waals surface area contributed by atoms with Crippen LogP contribution in [0.25, 0.3) is 33.8 Å². The number of aromatic nitrogens is 2. The van der Waals surface area contributed by atoms with Crippen molar-refractivity contribution in [1.82, 2.24) is 9.97 Å². The van der Waals surface area contributed by atoms with E-state index >= 15 is 0 Å². The van der Waals surface area contributed by atoms with Gasteiger partial charge in [-0.2, -0.15) is 0 Å². The summed E-state index contributed by atoms with van der Waals surface area (Å²) in [5.41, 5.74) is 13.5. The summed E-state index contributed by atoms with van der Waals surface area (Å²) in [5.74, 6) is 0.788. The molecule has 0 aliphatic heterocycles. The van der Waals surface area contributed by atoms with Gasteiger partial charge in [0.15, 0.2) is 5.82 Å². The maximum absolute atomic E-state index is 5.21. The van der Waals surface area contributed by atoms with Crippen molar-refractivity contribution in [3.05, 3.63) is 204 Å². The smallest absolute Gasteiger partial charge is 0.160 e. The lowest BCUT2D eigenvalue weighted by Crippen LogP contribution is -2.30. The Morgan fingerprint density at radius 1 is 0.630 bits per heavy atom. The van der Waals surface area contributed by atoms with E-state index < -0.39 is 0 Å². The fraction of sp³-hybridized carbons (Fsp3) is 0.196. The first kappa shape index (κ1) is 35.1. The molecule has 0 unspecified atom stereocenters. The maximum atomic E-state index is 5.21. The van der Waals surface area contributed by atoms with Crippen LogP contribution in [0.15, 0.2) is 175 Å². The zero-order chi connectivity index (χ0) is 36.6. The molecule has 2 aliphatic rings. The second-order valence-electron chi connectivity index (χ2n) is 14.6. The molecule has 2 aliphatic carbocycles. The van der Waals surface area contributed by atoms with Crippen LogP contribution in [0.1, 0.15) is 85.5 Å². The first-order chi connectivity index (χ1) is 26.6. The van der Waals surface area contributed by atoms with Gasteiger partial charge >= 0.3 is 0 Å². The topological polar surface area (TPSA) is 38.1 Å². The van der Waals surface area contributed by atoms with Gasteiger partial charge in [0, 0.05) is 27.8 Å². The quantitative estimate of drug-likeness (QED) is 0.133. The highest BCUT2D eigenvalue weighted by molar-refractivity contribution is 6.01. The average molecular weight is 702 g/mol. The molecule has 6 aromatic rings. The number of rotatable bonds is 10. The molecule has 0 amide bonds. The van der Waals surface area contributed by atoms with E-state index in [9.17, 15) is 0 Å². The molecule has 0 saturated heterocycles. The van der Waals surface area contributed by atoms with Gasteiger partial charge in [0.25, 0.3) is 0 Å². The lowest BCUT2D eigenvalue weighted by molar-refractivity contribution is 0.346. The van der Waals surface area contributed by atoms with Gasteiger partial charge in [0.1, 0.15) is 0 Å². The Morgan fingerprint density at radius 3 is 1.85 bits per heavy atom. The third-order valence-electron chi connectivity index (χ3n) is 11.1. The first-order valence-electron chi connectivity index (χ1n) is 19.5. The summed E-state index contributed by atoms with van der Waals surface area (Å²) in [6.07, 6.45) is 17.9. The standard InChI is InChI=1S/C51H47N3/c1-38(40-19-9-3-10-20-40)52-47(34-25-39-17-7-2-8-18-39)42-26-30-45(31-27-42)51(35-15-6-16-36-51)46-32-28-43(29-33-46)49-37-48(41-21-11-4-12-22-41)53-50(54-49)44-23-13-5-14-24-44/h2-4,7-13,17-24,26-34,37H,5-6,14-16,25,35-36H2,1H3/b47-34-,52-38?. The number of allylic oxidation sites excluding steroid dienone is 5. The second-order valence-corrected chi connectivity index (χ2v) is 14.6. The molecule has 5 aromatic carbocycles. The van der Waals surface area contributed by atoms with Gasteiger partial charge < -0.3 is 0 Å². The van der Waals surface area contributed by atoms with Crippen LogP contribution in [0.4, 0.5) is 0 Å². The van der Waals surface area contributed by atoms with E-state index in [1.54, 1.807) is 0 Å². The molecule has 8 rings (SSSR count). The second kappa shape index (κ2) is 16.4. The summed E-state index contributed by atoms with van der Waals surface area (Å²) in [6.45, 7) is 2.11. The van der Waals surface area contributed by atoms with Crippen LogP contribution in [0, 0.1) is 0 Å². The van der Waals surface area contributed by atoms with Gasteiger partial charge in [-0.15, -0.1) is 0 Å². The molecular formula is C51H47N3. The van der Waals surface area contributed by atoms with Gasteiger partial charge in [0.05, 0.1) is 17.1 Å². The van der Waals surface area contributed by atoms with E-state index in [4.69, 9.17) is 15.0 Å². The highest BCUT2D eigenvalue weighted by Crippen LogP contribution is 2.45. The molecule has 0 N–H and O–H groups in total. The van der Waals surface area contributed by atoms with Gasteiger partial charge in [-0.1, -0.05) is 183 Å². The van der Waals surface area contributed by atoms with Crippen molar-refractivity contribution in [2.75, 3.05) is 0 Å². The molecule has 0 bridgehead atoms. The van der Waals surface area contributed by atoms with Crippen molar-refractivity contribution in [3.8, 4) is 22.5 Å². The van der Waals surface area contributed by atoms with Gasteiger partial charge in [-0.3, -0.25) is 4.99 Å². The minimum Gasteiger partial charge on any atom is -0.253 e. The number of hydrogen-bond donors (Lipinski definition) is 0. The molecule has 0 atom stereocenters. The highest BCUT2D eigenvalue weighted by atomic mass is 14.9. The van der Waals surface area contributed by atoms with Crippen LogP contribution in [0.3, 0.4) is 0 Å². The van der Waals surface area contributed by atoms with Crippen molar-refractivity contribution in [2.24, 2.45) is 4.99 Å². The highest BCUT2D eigenvalue weighted by Gasteiger charge is 2.35. The van der Waals surface area contributed by atoms with Crippen molar-refractivity contribution >= 4 is 17.0 Å². The number of nitrogens with zero attached hydrogens (tertiary/aromatic N) is 3. The van der Waals surface area contributed by atoms with Gasteiger partial charge in [-0.05, 0) is 72.9 Å². The molecule has 0 spiro atoms. The number of benzene rings is 5. The Bertz CT molecular complexity index is 2290. The molecule has 266 valence electrons. The fourth-order valence-corrected chi connectivity index (χ4v) is 8.06. The summed E-state index contributed by atoms with van der Waals surface area (Å²) < 4.78 is 0. The predicted octanol–water partition coefficient (Wildman–Crippen LogP) is 12.9. The van der Waals surface area contributed by atoms with Gasteiger partial charge in [0.2, 0.25) is 0 Å². The molecule has 1 saturated carbocycles. The van der Waals surface area contributed by atoms with Crippen LogP contribution in [-0.4, -0.2) is 15.7 Å². The van der Waals surface area contributed by atoms with Crippen LogP contribution in [0.2, 0.25) is 0 Å². The van der Waals surface area contributed by atoms with E-state index in [0.29, 0.717) is 0 Å². The van der Waals surface area contributed by atoms with Crippen molar-refractivity contribution in [2.45, 2.75) is 63.7 Å². The Morgan fingerprint density at radius 2 is 1.22 bits per heavy atom.